The normalized spacial score (nSPS) is 11.0. The van der Waals surface area contributed by atoms with Crippen molar-refractivity contribution in [1.29, 1.82) is 0 Å². The molecule has 3 N–H and O–H groups in total. The molecule has 72 valence electrons. The van der Waals surface area contributed by atoms with E-state index in [0.717, 1.165) is 0 Å². The van der Waals surface area contributed by atoms with Gasteiger partial charge in [0.15, 0.2) is 0 Å². The lowest BCUT2D eigenvalue weighted by Crippen LogP contribution is -2.41. The highest BCUT2D eigenvalue weighted by molar-refractivity contribution is 5.67. The summed E-state index contributed by atoms with van der Waals surface area (Å²) in [5, 5.41) is 1.88. The van der Waals surface area contributed by atoms with Crippen molar-refractivity contribution >= 4 is 6.09 Å². The molecule has 12 heavy (non-hydrogen) atoms. The average molecular weight is 182 g/mol. The molecule has 0 heterocycles. The predicted octanol–water partition coefficient (Wildman–Crippen LogP) is 0.327. The zero-order chi connectivity index (χ0) is 9.61. The number of nitrogens with one attached hydrogen (secondary N) is 1. The fourth-order valence-corrected chi connectivity index (χ4v) is 0.456. The van der Waals surface area contributed by atoms with E-state index in [1.807, 2.05) is 5.32 Å². The molecule has 0 atom stereocenters. The number of amides is 1. The van der Waals surface area contributed by atoms with Gasteiger partial charge in [-0.25, -0.2) is 13.6 Å². The van der Waals surface area contributed by atoms with Crippen LogP contribution in [-0.4, -0.2) is 31.7 Å². The zero-order valence-electron chi connectivity index (χ0n) is 6.77. The van der Waals surface area contributed by atoms with Crippen molar-refractivity contribution in [2.45, 2.75) is 12.8 Å². The molecule has 6 heteroatoms. The molecule has 0 spiro atoms. The number of ether oxygens (including phenoxy) is 1. The highest BCUT2D eigenvalue weighted by Crippen LogP contribution is 2.08. The van der Waals surface area contributed by atoms with Crippen LogP contribution in [0.15, 0.2) is 0 Å². The van der Waals surface area contributed by atoms with E-state index < -0.39 is 25.1 Å². The standard InChI is InChI=1S/C6H12F2N2O2/c1-2-12-5(11)10-4-6(7,8)3-9/h2-4,9H2,1H3,(H,10,11). The summed E-state index contributed by atoms with van der Waals surface area (Å²) < 4.78 is 29.1. The van der Waals surface area contributed by atoms with Gasteiger partial charge in [-0.05, 0) is 6.92 Å². The van der Waals surface area contributed by atoms with E-state index in [2.05, 4.69) is 4.74 Å². The molecule has 0 aliphatic heterocycles. The van der Waals surface area contributed by atoms with Crippen LogP contribution in [0.4, 0.5) is 13.6 Å². The van der Waals surface area contributed by atoms with Crippen LogP contribution in [-0.2, 0) is 4.74 Å². The molecule has 0 aliphatic rings. The molecule has 0 bridgehead atoms. The van der Waals surface area contributed by atoms with Crippen molar-refractivity contribution in [3.63, 3.8) is 0 Å². The Labute approximate surface area is 69.1 Å². The van der Waals surface area contributed by atoms with Gasteiger partial charge in [-0.15, -0.1) is 0 Å². The zero-order valence-corrected chi connectivity index (χ0v) is 6.77. The van der Waals surface area contributed by atoms with Gasteiger partial charge in [-0.2, -0.15) is 0 Å². The number of alkyl carbamates (subject to hydrolysis) is 1. The minimum absolute atomic E-state index is 0.153. The van der Waals surface area contributed by atoms with Gasteiger partial charge in [0.25, 0.3) is 5.92 Å². The van der Waals surface area contributed by atoms with Gasteiger partial charge in [0.1, 0.15) is 0 Å². The van der Waals surface area contributed by atoms with Gasteiger partial charge in [-0.1, -0.05) is 0 Å². The van der Waals surface area contributed by atoms with Gasteiger partial charge < -0.3 is 15.8 Å². The number of carbonyl (C=O) groups excluding carboxylic acids is 1. The molecule has 0 saturated heterocycles. The Morgan fingerprint density at radius 1 is 1.67 bits per heavy atom. The maximum Gasteiger partial charge on any atom is 0.407 e. The lowest BCUT2D eigenvalue weighted by Gasteiger charge is -2.13. The third kappa shape index (κ3) is 4.84. The number of nitrogens with two attached hydrogens (primary N) is 1. The van der Waals surface area contributed by atoms with Crippen LogP contribution >= 0.6 is 0 Å². The summed E-state index contributed by atoms with van der Waals surface area (Å²) >= 11 is 0. The van der Waals surface area contributed by atoms with E-state index in [4.69, 9.17) is 5.73 Å². The minimum atomic E-state index is -3.06. The summed E-state index contributed by atoms with van der Waals surface area (Å²) in [6.45, 7) is 0.155. The first-order valence-corrected chi connectivity index (χ1v) is 3.50. The molecule has 4 nitrogen and oxygen atoms in total. The Morgan fingerprint density at radius 3 is 2.67 bits per heavy atom. The van der Waals surface area contributed by atoms with Gasteiger partial charge in [0.05, 0.1) is 19.7 Å². The van der Waals surface area contributed by atoms with Crippen molar-refractivity contribution in [3.8, 4) is 0 Å². The maximum absolute atomic E-state index is 12.4. The molecule has 0 aliphatic carbocycles. The maximum atomic E-state index is 12.4. The van der Waals surface area contributed by atoms with Crippen LogP contribution < -0.4 is 11.1 Å². The topological polar surface area (TPSA) is 64.3 Å². The number of rotatable bonds is 4. The molecule has 0 fully saturated rings. The molecule has 0 aromatic rings. The number of hydrogen-bond acceptors (Lipinski definition) is 3. The molecular weight excluding hydrogens is 170 g/mol. The summed E-state index contributed by atoms with van der Waals surface area (Å²) in [7, 11) is 0. The van der Waals surface area contributed by atoms with Gasteiger partial charge in [0, 0.05) is 0 Å². The summed E-state index contributed by atoms with van der Waals surface area (Å²) in [5.41, 5.74) is 4.72. The van der Waals surface area contributed by atoms with Crippen LogP contribution in [0.1, 0.15) is 6.92 Å². The SMILES string of the molecule is CCOC(=O)NCC(F)(F)CN. The van der Waals surface area contributed by atoms with Crippen molar-refractivity contribution < 1.29 is 18.3 Å². The Balaban J connectivity index is 3.60. The van der Waals surface area contributed by atoms with E-state index in [1.54, 1.807) is 6.92 Å². The quantitative estimate of drug-likeness (QED) is 0.658. The van der Waals surface area contributed by atoms with Crippen molar-refractivity contribution in [2.75, 3.05) is 19.7 Å². The highest BCUT2D eigenvalue weighted by Gasteiger charge is 2.27. The van der Waals surface area contributed by atoms with Crippen LogP contribution in [0.5, 0.6) is 0 Å². The van der Waals surface area contributed by atoms with E-state index in [1.165, 1.54) is 0 Å². The van der Waals surface area contributed by atoms with Crippen molar-refractivity contribution in [1.82, 2.24) is 5.32 Å². The fraction of sp³-hybridized carbons (Fsp3) is 0.833. The lowest BCUT2D eigenvalue weighted by atomic mass is 10.3. The number of carbonyl (C=O) groups is 1. The van der Waals surface area contributed by atoms with Gasteiger partial charge >= 0.3 is 6.09 Å². The Kier molecular flexibility index (Phi) is 4.50. The summed E-state index contributed by atoms with van der Waals surface area (Å²) in [6, 6.07) is 0. The van der Waals surface area contributed by atoms with Crippen molar-refractivity contribution in [3.05, 3.63) is 0 Å². The van der Waals surface area contributed by atoms with Crippen LogP contribution in [0.25, 0.3) is 0 Å². The Morgan fingerprint density at radius 2 is 2.25 bits per heavy atom. The van der Waals surface area contributed by atoms with Crippen molar-refractivity contribution in [2.24, 2.45) is 5.73 Å². The monoisotopic (exact) mass is 182 g/mol. The number of alkyl halides is 2. The number of halogens is 2. The molecular formula is C6H12F2N2O2. The summed E-state index contributed by atoms with van der Waals surface area (Å²) in [4.78, 5) is 10.5. The first-order chi connectivity index (χ1) is 5.52. The van der Waals surface area contributed by atoms with Crippen LogP contribution in [0.2, 0.25) is 0 Å². The molecule has 1 amide bonds. The molecule has 0 saturated carbocycles. The lowest BCUT2D eigenvalue weighted by molar-refractivity contribution is 0.0111. The summed E-state index contributed by atoms with van der Waals surface area (Å²) in [5.74, 6) is -3.06. The number of hydrogen-bond donors (Lipinski definition) is 2. The molecule has 0 unspecified atom stereocenters. The smallest absolute Gasteiger partial charge is 0.407 e. The van der Waals surface area contributed by atoms with Gasteiger partial charge in [0.2, 0.25) is 0 Å². The second-order valence-corrected chi connectivity index (χ2v) is 2.13. The molecule has 0 aromatic carbocycles. The van der Waals surface area contributed by atoms with Gasteiger partial charge in [-0.3, -0.25) is 0 Å². The molecule has 0 rings (SSSR count). The Bertz CT molecular complexity index is 152. The first kappa shape index (κ1) is 11.1. The van der Waals surface area contributed by atoms with E-state index in [-0.39, 0.29) is 6.61 Å². The first-order valence-electron chi connectivity index (χ1n) is 3.50. The summed E-state index contributed by atoms with van der Waals surface area (Å²) in [6.07, 6.45) is -0.856. The molecule has 0 aromatic heterocycles. The fourth-order valence-electron chi connectivity index (χ4n) is 0.456. The average Bonchev–Trinajstić information content (AvgIpc) is 2.02. The van der Waals surface area contributed by atoms with Crippen LogP contribution in [0, 0.1) is 0 Å². The molecule has 0 radical (unpaired) electrons. The highest BCUT2D eigenvalue weighted by atomic mass is 19.3. The van der Waals surface area contributed by atoms with E-state index in [9.17, 15) is 13.6 Å². The second-order valence-electron chi connectivity index (χ2n) is 2.13. The Hall–Kier alpha value is -0.910. The predicted molar refractivity (Wildman–Crippen MR) is 39.0 cm³/mol. The second kappa shape index (κ2) is 4.87. The van der Waals surface area contributed by atoms with E-state index >= 15 is 0 Å². The van der Waals surface area contributed by atoms with Crippen LogP contribution in [0.3, 0.4) is 0 Å². The third-order valence-electron chi connectivity index (χ3n) is 1.07. The largest absolute Gasteiger partial charge is 0.450 e. The van der Waals surface area contributed by atoms with E-state index in [0.29, 0.717) is 0 Å². The third-order valence-corrected chi connectivity index (χ3v) is 1.07. The minimum Gasteiger partial charge on any atom is -0.450 e.